The van der Waals surface area contributed by atoms with E-state index in [9.17, 15) is 24.9 Å². The maximum Gasteiger partial charge on any atom is 0.320 e. The highest BCUT2D eigenvalue weighted by Crippen LogP contribution is 2.67. The van der Waals surface area contributed by atoms with Crippen molar-refractivity contribution in [3.63, 3.8) is 0 Å². The molecule has 9 heteroatoms. The summed E-state index contributed by atoms with van der Waals surface area (Å²) in [6, 6.07) is 0. The van der Waals surface area contributed by atoms with Crippen LogP contribution in [0.5, 0.6) is 0 Å². The van der Waals surface area contributed by atoms with Gasteiger partial charge in [0.15, 0.2) is 11.4 Å². The van der Waals surface area contributed by atoms with E-state index in [2.05, 4.69) is 18.4 Å². The Morgan fingerprint density at radius 1 is 1.16 bits per heavy atom. The van der Waals surface area contributed by atoms with E-state index >= 15 is 0 Å². The Bertz CT molecular complexity index is 920. The summed E-state index contributed by atoms with van der Waals surface area (Å²) in [5.74, 6) is -1.03. The first-order valence-corrected chi connectivity index (χ1v) is 13.4. The summed E-state index contributed by atoms with van der Waals surface area (Å²) < 4.78 is 12.4. The average Bonchev–Trinajstić information content (AvgIpc) is 2.79. The van der Waals surface area contributed by atoms with Gasteiger partial charge >= 0.3 is 5.97 Å². The molecule has 2 heterocycles. The zero-order valence-corrected chi connectivity index (χ0v) is 24.0. The number of aliphatic hydroxyl groups is 3. The molecule has 2 aliphatic carbocycles. The van der Waals surface area contributed by atoms with E-state index in [0.717, 1.165) is 25.9 Å². The lowest BCUT2D eigenvalue weighted by Gasteiger charge is -2.71. The molecule has 2 saturated heterocycles. The Kier molecular flexibility index (Phi) is 8.13. The largest absolute Gasteiger partial charge is 0.458 e. The van der Waals surface area contributed by atoms with Crippen LogP contribution in [0.25, 0.3) is 0 Å². The molecule has 0 aromatic rings. The minimum absolute atomic E-state index is 0. The van der Waals surface area contributed by atoms with Gasteiger partial charge in [0.05, 0.1) is 18.2 Å². The van der Waals surface area contributed by atoms with Gasteiger partial charge in [-0.1, -0.05) is 33.8 Å². The van der Waals surface area contributed by atoms with Gasteiger partial charge in [-0.05, 0) is 64.0 Å². The lowest BCUT2D eigenvalue weighted by Crippen LogP contribution is -2.86. The molecule has 4 rings (SSSR count). The van der Waals surface area contributed by atoms with Crippen LogP contribution in [0, 0.1) is 22.7 Å². The Morgan fingerprint density at radius 3 is 2.32 bits per heavy atom. The fourth-order valence-corrected chi connectivity index (χ4v) is 8.00. The number of hydrogen-bond acceptors (Lipinski definition) is 8. The van der Waals surface area contributed by atoms with Gasteiger partial charge in [0.2, 0.25) is 0 Å². The molecule has 0 spiro atoms. The molecule has 0 radical (unpaired) electrons. The highest BCUT2D eigenvalue weighted by molar-refractivity contribution is 5.92. The number of halogens is 1. The maximum absolute atomic E-state index is 13.8. The first-order valence-electron chi connectivity index (χ1n) is 13.4. The van der Waals surface area contributed by atoms with Gasteiger partial charge in [-0.25, -0.2) is 0 Å². The van der Waals surface area contributed by atoms with Crippen molar-refractivity contribution in [2.24, 2.45) is 22.7 Å². The van der Waals surface area contributed by atoms with Gasteiger partial charge in [-0.3, -0.25) is 14.5 Å². The number of hydrogen-bond donors (Lipinski definition) is 3. The number of fused-ring (bicyclic) bond motifs is 3. The van der Waals surface area contributed by atoms with Crippen LogP contribution in [0.3, 0.4) is 0 Å². The summed E-state index contributed by atoms with van der Waals surface area (Å²) in [6.45, 7) is 16.6. The third kappa shape index (κ3) is 4.40. The highest BCUT2D eigenvalue weighted by Gasteiger charge is 2.81. The highest BCUT2D eigenvalue weighted by atomic mass is 35.5. The fourth-order valence-electron chi connectivity index (χ4n) is 8.00. The van der Waals surface area contributed by atoms with E-state index in [0.29, 0.717) is 18.8 Å². The zero-order chi connectivity index (χ0) is 26.9. The molecule has 4 unspecified atom stereocenters. The number of rotatable bonds is 4. The fraction of sp³-hybridized carbons (Fsp3) is 0.857. The van der Waals surface area contributed by atoms with Crippen LogP contribution in [0.2, 0.25) is 0 Å². The molecule has 8 atom stereocenters. The zero-order valence-electron chi connectivity index (χ0n) is 23.2. The lowest BCUT2D eigenvalue weighted by molar-refractivity contribution is -0.370. The second-order valence-corrected chi connectivity index (χ2v) is 13.2. The molecule has 0 aromatic carbocycles. The van der Waals surface area contributed by atoms with E-state index in [-0.39, 0.29) is 25.4 Å². The summed E-state index contributed by atoms with van der Waals surface area (Å²) in [7, 11) is 0. The number of ketones is 1. The number of ether oxygens (including phenoxy) is 2. The number of carbonyl (C=O) groups excluding carboxylic acids is 2. The third-order valence-corrected chi connectivity index (χ3v) is 10.2. The molecule has 212 valence electrons. The van der Waals surface area contributed by atoms with Gasteiger partial charge in [0.1, 0.15) is 17.8 Å². The van der Waals surface area contributed by atoms with E-state index in [4.69, 9.17) is 9.47 Å². The molecule has 0 bridgehead atoms. The predicted octanol–water partition coefficient (Wildman–Crippen LogP) is 2.65. The Balaban J connectivity index is 0.00000380. The van der Waals surface area contributed by atoms with Gasteiger partial charge < -0.3 is 24.8 Å². The quantitative estimate of drug-likeness (QED) is 0.366. The van der Waals surface area contributed by atoms with Crippen LogP contribution < -0.4 is 0 Å². The van der Waals surface area contributed by atoms with Gasteiger partial charge in [0, 0.05) is 17.8 Å². The lowest BCUT2D eigenvalue weighted by atomic mass is 9.40. The monoisotopic (exact) mass is 543 g/mol. The van der Waals surface area contributed by atoms with Crippen LogP contribution in [-0.2, 0) is 19.1 Å². The number of esters is 1. The molecular formula is C28H46ClNO7. The molecule has 4 fully saturated rings. The van der Waals surface area contributed by atoms with E-state index < -0.39 is 63.6 Å². The van der Waals surface area contributed by atoms with Crippen LogP contribution >= 0.6 is 12.4 Å². The summed E-state index contributed by atoms with van der Waals surface area (Å²) >= 11 is 0. The van der Waals surface area contributed by atoms with Crippen molar-refractivity contribution in [3.05, 3.63) is 12.7 Å². The summed E-state index contributed by atoms with van der Waals surface area (Å²) in [4.78, 5) is 29.1. The summed E-state index contributed by atoms with van der Waals surface area (Å²) in [6.07, 6.45) is 0.705. The van der Waals surface area contributed by atoms with Crippen molar-refractivity contribution in [3.8, 4) is 0 Å². The van der Waals surface area contributed by atoms with Gasteiger partial charge in [-0.15, -0.1) is 19.0 Å². The first kappa shape index (κ1) is 30.5. The van der Waals surface area contributed by atoms with Crippen molar-refractivity contribution in [2.75, 3.05) is 19.6 Å². The first-order chi connectivity index (χ1) is 16.6. The Labute approximate surface area is 227 Å². The maximum atomic E-state index is 13.8. The number of piperidine rings is 1. The molecule has 37 heavy (non-hydrogen) atoms. The number of likely N-dealkylation sites (tertiary alicyclic amines) is 1. The summed E-state index contributed by atoms with van der Waals surface area (Å²) in [5.41, 5.74) is -7.13. The molecule has 0 aromatic heterocycles. The Hall–Kier alpha value is -1.03. The van der Waals surface area contributed by atoms with E-state index in [1.165, 1.54) is 13.0 Å². The minimum Gasteiger partial charge on any atom is -0.458 e. The van der Waals surface area contributed by atoms with Crippen molar-refractivity contribution in [1.29, 1.82) is 0 Å². The number of nitrogens with zero attached hydrogens (tertiary/aromatic N) is 1. The Morgan fingerprint density at radius 2 is 1.76 bits per heavy atom. The van der Waals surface area contributed by atoms with Gasteiger partial charge in [0.25, 0.3) is 0 Å². The number of aliphatic hydroxyl groups excluding tert-OH is 2. The SMILES string of the molecule is C=C[C@@]1(C)CC(=O)[C@]2(O)C3(C)C(C(OC(=O)CN4CCC(C)CC4)C(O)[C@@]2(C)O1)C(C)(C)CC[C@@H]3O.Cl. The molecule has 3 N–H and O–H groups in total. The third-order valence-electron chi connectivity index (χ3n) is 10.2. The second kappa shape index (κ2) is 9.86. The number of carbonyl (C=O) groups is 2. The smallest absolute Gasteiger partial charge is 0.320 e. The second-order valence-electron chi connectivity index (χ2n) is 13.2. The molecule has 4 aliphatic rings. The standard InChI is InChI=1S/C28H45NO7.ClH/c1-8-25(5)15-19(31)28(34)26(6)18(30)9-12-24(3,4)22(26)21(23(33)27(28,7)36-25)35-20(32)16-29-13-10-17(2)11-14-29;/h8,17-18,21-23,30,33-34H,1,9-16H2,2-7H3;1H/t18-,21?,22?,23?,25-,26?,27+,28-;/m0./s1. The van der Waals surface area contributed by atoms with E-state index in [1.54, 1.807) is 13.8 Å². The van der Waals surface area contributed by atoms with Crippen molar-refractivity contribution in [1.82, 2.24) is 4.90 Å². The van der Waals surface area contributed by atoms with Crippen molar-refractivity contribution < 1.29 is 34.4 Å². The molecular weight excluding hydrogens is 498 g/mol. The topological polar surface area (TPSA) is 117 Å². The van der Waals surface area contributed by atoms with Crippen LogP contribution in [0.4, 0.5) is 0 Å². The van der Waals surface area contributed by atoms with Crippen molar-refractivity contribution >= 4 is 24.2 Å². The predicted molar refractivity (Wildman–Crippen MR) is 141 cm³/mol. The van der Waals surface area contributed by atoms with Crippen molar-refractivity contribution in [2.45, 2.75) is 109 Å². The molecule has 2 saturated carbocycles. The minimum atomic E-state index is -2.20. The van der Waals surface area contributed by atoms with Crippen LogP contribution in [-0.4, -0.2) is 86.7 Å². The average molecular weight is 544 g/mol. The van der Waals surface area contributed by atoms with Crippen LogP contribution in [0.1, 0.15) is 73.6 Å². The normalized spacial score (nSPS) is 46.2. The molecule has 0 amide bonds. The molecule has 2 aliphatic heterocycles. The summed E-state index contributed by atoms with van der Waals surface area (Å²) in [5, 5.41) is 35.6. The van der Waals surface area contributed by atoms with Gasteiger partial charge in [-0.2, -0.15) is 0 Å². The van der Waals surface area contributed by atoms with Crippen LogP contribution in [0.15, 0.2) is 12.7 Å². The number of Topliss-reactive ketones (excluding diaryl/α,β-unsaturated/α-hetero) is 1. The molecule has 8 nitrogen and oxygen atoms in total. The van der Waals surface area contributed by atoms with E-state index in [1.807, 2.05) is 13.8 Å².